The lowest BCUT2D eigenvalue weighted by molar-refractivity contribution is 0.296. The van der Waals surface area contributed by atoms with Crippen molar-refractivity contribution in [3.05, 3.63) is 12.4 Å². The van der Waals surface area contributed by atoms with Gasteiger partial charge in [-0.3, -0.25) is 0 Å². The highest BCUT2D eigenvalue weighted by atomic mass is 32.2. The topological polar surface area (TPSA) is 84.1 Å². The van der Waals surface area contributed by atoms with Gasteiger partial charge in [0.2, 0.25) is 0 Å². The highest BCUT2D eigenvalue weighted by Crippen LogP contribution is 2.06. The van der Waals surface area contributed by atoms with Crippen LogP contribution in [0.15, 0.2) is 12.4 Å². The SMILES string of the molecule is Nc1cc(NCCSCCCO)ncn1. The van der Waals surface area contributed by atoms with Crippen LogP contribution < -0.4 is 11.1 Å². The maximum Gasteiger partial charge on any atom is 0.131 e. The second-order valence-electron chi connectivity index (χ2n) is 2.94. The van der Waals surface area contributed by atoms with Gasteiger partial charge in [-0.2, -0.15) is 11.8 Å². The van der Waals surface area contributed by atoms with E-state index in [0.717, 1.165) is 30.3 Å². The predicted molar refractivity (Wildman–Crippen MR) is 64.0 cm³/mol. The molecule has 0 bridgehead atoms. The number of rotatable bonds is 7. The largest absolute Gasteiger partial charge is 0.396 e. The van der Waals surface area contributed by atoms with Crippen LogP contribution in [0.5, 0.6) is 0 Å². The Labute approximate surface area is 93.5 Å². The first-order valence-electron chi connectivity index (χ1n) is 4.83. The Morgan fingerprint density at radius 3 is 3.00 bits per heavy atom. The molecule has 0 amide bonds. The van der Waals surface area contributed by atoms with Gasteiger partial charge in [-0.25, -0.2) is 9.97 Å². The molecule has 0 unspecified atom stereocenters. The van der Waals surface area contributed by atoms with Gasteiger partial charge in [0.25, 0.3) is 0 Å². The van der Waals surface area contributed by atoms with E-state index in [9.17, 15) is 0 Å². The number of nitrogens with one attached hydrogen (secondary N) is 1. The summed E-state index contributed by atoms with van der Waals surface area (Å²) in [5.41, 5.74) is 5.50. The maximum absolute atomic E-state index is 8.57. The quantitative estimate of drug-likeness (QED) is 0.592. The third-order valence-electron chi connectivity index (χ3n) is 1.69. The predicted octanol–water partition coefficient (Wildman–Crippen LogP) is 0.586. The van der Waals surface area contributed by atoms with Gasteiger partial charge in [0.15, 0.2) is 0 Å². The van der Waals surface area contributed by atoms with Crippen LogP contribution in [-0.2, 0) is 0 Å². The standard InChI is InChI=1S/C9H16N4OS/c10-8-6-9(13-7-12-8)11-2-5-15-4-1-3-14/h6-7,14H,1-5H2,(H3,10,11,12,13). The van der Waals surface area contributed by atoms with E-state index in [0.29, 0.717) is 5.82 Å². The van der Waals surface area contributed by atoms with E-state index in [4.69, 9.17) is 10.8 Å². The molecule has 1 aromatic rings. The Morgan fingerprint density at radius 1 is 1.40 bits per heavy atom. The molecule has 0 radical (unpaired) electrons. The van der Waals surface area contributed by atoms with Gasteiger partial charge < -0.3 is 16.2 Å². The molecule has 0 aromatic carbocycles. The van der Waals surface area contributed by atoms with Gasteiger partial charge in [0.05, 0.1) is 0 Å². The second-order valence-corrected chi connectivity index (χ2v) is 4.17. The van der Waals surface area contributed by atoms with E-state index in [2.05, 4.69) is 15.3 Å². The molecule has 0 aliphatic carbocycles. The Hall–Kier alpha value is -1.01. The number of hydrogen-bond donors (Lipinski definition) is 3. The minimum Gasteiger partial charge on any atom is -0.396 e. The molecular formula is C9H16N4OS. The molecule has 84 valence electrons. The molecule has 0 aliphatic heterocycles. The van der Waals surface area contributed by atoms with Crippen molar-refractivity contribution in [3.63, 3.8) is 0 Å². The lowest BCUT2D eigenvalue weighted by atomic mass is 10.5. The zero-order chi connectivity index (χ0) is 10.9. The van der Waals surface area contributed by atoms with Crippen molar-refractivity contribution in [2.24, 2.45) is 0 Å². The van der Waals surface area contributed by atoms with Crippen LogP contribution in [0.2, 0.25) is 0 Å². The molecule has 0 saturated carbocycles. The van der Waals surface area contributed by atoms with Gasteiger partial charge in [-0.05, 0) is 12.2 Å². The second kappa shape index (κ2) is 7.30. The van der Waals surface area contributed by atoms with Gasteiger partial charge in [0, 0.05) is 25.0 Å². The van der Waals surface area contributed by atoms with E-state index in [1.165, 1.54) is 6.33 Å². The first kappa shape index (κ1) is 12.1. The number of nitrogens with zero attached hydrogens (tertiary/aromatic N) is 2. The summed E-state index contributed by atoms with van der Waals surface area (Å²) in [6.07, 6.45) is 2.29. The minimum atomic E-state index is 0.267. The fourth-order valence-electron chi connectivity index (χ4n) is 0.989. The maximum atomic E-state index is 8.57. The highest BCUT2D eigenvalue weighted by Gasteiger charge is 1.94. The number of anilines is 2. The van der Waals surface area contributed by atoms with E-state index in [1.54, 1.807) is 17.8 Å². The lowest BCUT2D eigenvalue weighted by Crippen LogP contribution is -2.07. The van der Waals surface area contributed by atoms with Crippen LogP contribution in [-0.4, -0.2) is 39.7 Å². The molecule has 1 heterocycles. The lowest BCUT2D eigenvalue weighted by Gasteiger charge is -2.04. The van der Waals surface area contributed by atoms with E-state index < -0.39 is 0 Å². The van der Waals surface area contributed by atoms with E-state index in [-0.39, 0.29) is 6.61 Å². The van der Waals surface area contributed by atoms with Crippen molar-refractivity contribution < 1.29 is 5.11 Å². The van der Waals surface area contributed by atoms with E-state index >= 15 is 0 Å². The van der Waals surface area contributed by atoms with Crippen LogP contribution in [0.4, 0.5) is 11.6 Å². The van der Waals surface area contributed by atoms with Gasteiger partial charge in [-0.15, -0.1) is 0 Å². The smallest absolute Gasteiger partial charge is 0.131 e. The summed E-state index contributed by atoms with van der Waals surface area (Å²) in [7, 11) is 0. The number of hydrogen-bond acceptors (Lipinski definition) is 6. The van der Waals surface area contributed by atoms with Gasteiger partial charge in [0.1, 0.15) is 18.0 Å². The van der Waals surface area contributed by atoms with Crippen LogP contribution in [0, 0.1) is 0 Å². The summed E-state index contributed by atoms with van der Waals surface area (Å²) in [4.78, 5) is 7.82. The van der Waals surface area contributed by atoms with Crippen molar-refractivity contribution >= 4 is 23.4 Å². The molecule has 4 N–H and O–H groups in total. The van der Waals surface area contributed by atoms with Crippen molar-refractivity contribution in [1.29, 1.82) is 0 Å². The molecule has 6 heteroatoms. The molecule has 1 rings (SSSR count). The summed E-state index contributed by atoms with van der Waals surface area (Å²) >= 11 is 1.80. The minimum absolute atomic E-state index is 0.267. The van der Waals surface area contributed by atoms with Gasteiger partial charge in [-0.1, -0.05) is 0 Å². The number of aliphatic hydroxyl groups excluding tert-OH is 1. The molecule has 5 nitrogen and oxygen atoms in total. The number of thioether (sulfide) groups is 1. The Morgan fingerprint density at radius 2 is 2.27 bits per heavy atom. The third-order valence-corrected chi connectivity index (χ3v) is 2.76. The summed E-state index contributed by atoms with van der Waals surface area (Å²) in [6, 6.07) is 1.71. The number of nitrogen functional groups attached to an aromatic ring is 1. The number of aromatic nitrogens is 2. The zero-order valence-corrected chi connectivity index (χ0v) is 9.33. The molecule has 15 heavy (non-hydrogen) atoms. The summed E-state index contributed by atoms with van der Waals surface area (Å²) < 4.78 is 0. The first-order valence-corrected chi connectivity index (χ1v) is 5.98. The molecule has 1 aromatic heterocycles. The fraction of sp³-hybridized carbons (Fsp3) is 0.556. The summed E-state index contributed by atoms with van der Waals surface area (Å²) in [5.74, 6) is 3.21. The average Bonchev–Trinajstić information content (AvgIpc) is 2.23. The Balaban J connectivity index is 2.10. The zero-order valence-electron chi connectivity index (χ0n) is 8.52. The Bertz CT molecular complexity index is 285. The molecule has 0 saturated heterocycles. The van der Waals surface area contributed by atoms with Crippen LogP contribution in [0.25, 0.3) is 0 Å². The third kappa shape index (κ3) is 5.44. The van der Waals surface area contributed by atoms with Crippen molar-refractivity contribution in [1.82, 2.24) is 9.97 Å². The molecular weight excluding hydrogens is 212 g/mol. The van der Waals surface area contributed by atoms with Crippen LogP contribution in [0.1, 0.15) is 6.42 Å². The van der Waals surface area contributed by atoms with Gasteiger partial charge >= 0.3 is 0 Å². The van der Waals surface area contributed by atoms with E-state index in [1.807, 2.05) is 0 Å². The van der Waals surface area contributed by atoms with Crippen LogP contribution >= 0.6 is 11.8 Å². The molecule has 0 atom stereocenters. The average molecular weight is 228 g/mol. The van der Waals surface area contributed by atoms with Crippen molar-refractivity contribution in [3.8, 4) is 0 Å². The fourth-order valence-corrected chi connectivity index (χ4v) is 1.77. The summed E-state index contributed by atoms with van der Waals surface area (Å²) in [6.45, 7) is 1.11. The molecule has 0 spiro atoms. The molecule has 0 aliphatic rings. The highest BCUT2D eigenvalue weighted by molar-refractivity contribution is 7.99. The normalized spacial score (nSPS) is 10.2. The summed E-state index contributed by atoms with van der Waals surface area (Å²) in [5, 5.41) is 11.7. The monoisotopic (exact) mass is 228 g/mol. The van der Waals surface area contributed by atoms with Crippen molar-refractivity contribution in [2.75, 3.05) is 35.7 Å². The van der Waals surface area contributed by atoms with Crippen LogP contribution in [0.3, 0.4) is 0 Å². The van der Waals surface area contributed by atoms with Crippen molar-refractivity contribution in [2.45, 2.75) is 6.42 Å². The number of nitrogens with two attached hydrogens (primary N) is 1. The first-order chi connectivity index (χ1) is 7.33. The Kier molecular flexibility index (Phi) is 5.87. The number of aliphatic hydroxyl groups is 1. The molecule has 0 fully saturated rings.